The lowest BCUT2D eigenvalue weighted by Gasteiger charge is -1.97. The number of ketones is 2. The van der Waals surface area contributed by atoms with Crippen molar-refractivity contribution in [3.63, 3.8) is 0 Å². The summed E-state index contributed by atoms with van der Waals surface area (Å²) in [6.07, 6.45) is 13.0. The molecule has 2 rings (SSSR count). The van der Waals surface area contributed by atoms with Gasteiger partial charge in [-0.05, 0) is 37.8 Å². The summed E-state index contributed by atoms with van der Waals surface area (Å²) >= 11 is 0. The smallest absolute Gasteiger partial charge is 0.155 e. The Labute approximate surface area is 84.7 Å². The molecule has 0 saturated carbocycles. The van der Waals surface area contributed by atoms with Crippen LogP contribution in [-0.2, 0) is 9.59 Å². The van der Waals surface area contributed by atoms with Crippen LogP contribution < -0.4 is 0 Å². The Morgan fingerprint density at radius 2 is 1.21 bits per heavy atom. The van der Waals surface area contributed by atoms with Crippen molar-refractivity contribution in [2.24, 2.45) is 0 Å². The number of carbonyl (C=O) groups excluding carboxylic acids is 2. The highest BCUT2D eigenvalue weighted by molar-refractivity contribution is 5.90. The Bertz CT molecular complexity index is 233. The van der Waals surface area contributed by atoms with Gasteiger partial charge in [-0.25, -0.2) is 0 Å². The summed E-state index contributed by atoms with van der Waals surface area (Å²) < 4.78 is 0. The minimum atomic E-state index is 0.284. The van der Waals surface area contributed by atoms with Gasteiger partial charge in [0.1, 0.15) is 0 Å². The van der Waals surface area contributed by atoms with E-state index < -0.39 is 0 Å². The summed E-state index contributed by atoms with van der Waals surface area (Å²) in [5.41, 5.74) is 0. The van der Waals surface area contributed by atoms with Gasteiger partial charge in [-0.15, -0.1) is 0 Å². The second-order valence-electron chi connectivity index (χ2n) is 3.52. The molecule has 0 N–H and O–H groups in total. The van der Waals surface area contributed by atoms with E-state index in [2.05, 4.69) is 0 Å². The minimum absolute atomic E-state index is 0.284. The summed E-state index contributed by atoms with van der Waals surface area (Å²) in [5.74, 6) is 0.567. The third-order valence-corrected chi connectivity index (χ3v) is 2.20. The number of rotatable bonds is 0. The van der Waals surface area contributed by atoms with E-state index in [9.17, 15) is 9.59 Å². The predicted octanol–water partition coefficient (Wildman–Crippen LogP) is 2.59. The molecule has 0 heterocycles. The highest BCUT2D eigenvalue weighted by Crippen LogP contribution is 2.04. The van der Waals surface area contributed by atoms with Crippen LogP contribution in [0.5, 0.6) is 0 Å². The molecule has 2 aliphatic rings. The molecule has 0 aromatic rings. The molecule has 0 unspecified atom stereocenters. The largest absolute Gasteiger partial charge is 0.295 e. The van der Waals surface area contributed by atoms with E-state index in [1.807, 2.05) is 12.2 Å². The lowest BCUT2D eigenvalue weighted by molar-refractivity contribution is -0.115. The Kier molecular flexibility index (Phi) is 4.90. The van der Waals surface area contributed by atoms with Crippen LogP contribution in [0.25, 0.3) is 0 Å². The molecule has 0 amide bonds. The van der Waals surface area contributed by atoms with Crippen molar-refractivity contribution < 1.29 is 9.59 Å². The third-order valence-electron chi connectivity index (χ3n) is 2.20. The van der Waals surface area contributed by atoms with Crippen molar-refractivity contribution in [1.82, 2.24) is 0 Å². The van der Waals surface area contributed by atoms with Gasteiger partial charge in [0.2, 0.25) is 0 Å². The number of hydrogen-bond donors (Lipinski definition) is 0. The summed E-state index contributed by atoms with van der Waals surface area (Å²) in [4.78, 5) is 20.8. The zero-order valence-electron chi connectivity index (χ0n) is 8.37. The van der Waals surface area contributed by atoms with Crippen molar-refractivity contribution in [3.05, 3.63) is 24.3 Å². The van der Waals surface area contributed by atoms with E-state index in [4.69, 9.17) is 0 Å². The zero-order valence-corrected chi connectivity index (χ0v) is 8.37. The average Bonchev–Trinajstić information content (AvgIpc) is 2.21. The molecular formula is C12H16O2. The summed E-state index contributed by atoms with van der Waals surface area (Å²) in [6, 6.07) is 0. The van der Waals surface area contributed by atoms with Crippen LogP contribution in [0.15, 0.2) is 24.3 Å². The first kappa shape index (κ1) is 10.9. The topological polar surface area (TPSA) is 34.1 Å². The van der Waals surface area contributed by atoms with Gasteiger partial charge in [0.05, 0.1) is 0 Å². The molecule has 2 aliphatic carbocycles. The Balaban J connectivity index is 0.000000140. The Hall–Kier alpha value is -1.18. The number of carbonyl (C=O) groups is 2. The van der Waals surface area contributed by atoms with Crippen LogP contribution in [0.4, 0.5) is 0 Å². The molecule has 0 spiro atoms. The molecular weight excluding hydrogens is 176 g/mol. The van der Waals surface area contributed by atoms with Gasteiger partial charge in [-0.1, -0.05) is 12.2 Å². The molecule has 0 aromatic carbocycles. The first-order chi connectivity index (χ1) is 6.79. The van der Waals surface area contributed by atoms with Crippen molar-refractivity contribution in [3.8, 4) is 0 Å². The standard InChI is InChI=1S/2C6H8O/c2*7-6-4-2-1-3-5-6/h2*2,4H,1,3,5H2. The van der Waals surface area contributed by atoms with Crippen molar-refractivity contribution >= 4 is 11.6 Å². The van der Waals surface area contributed by atoms with E-state index in [0.717, 1.165) is 38.5 Å². The maximum atomic E-state index is 10.4. The summed E-state index contributed by atoms with van der Waals surface area (Å²) in [7, 11) is 0. The molecule has 2 heteroatoms. The Morgan fingerprint density at radius 1 is 0.786 bits per heavy atom. The van der Waals surface area contributed by atoms with Crippen LogP contribution in [-0.4, -0.2) is 11.6 Å². The lowest BCUT2D eigenvalue weighted by atomic mass is 10.1. The molecule has 0 aromatic heterocycles. The summed E-state index contributed by atoms with van der Waals surface area (Å²) in [5, 5.41) is 0. The second kappa shape index (κ2) is 6.30. The fourth-order valence-electron chi connectivity index (χ4n) is 1.38. The van der Waals surface area contributed by atoms with Gasteiger partial charge in [0.25, 0.3) is 0 Å². The average molecular weight is 192 g/mol. The molecule has 0 atom stereocenters. The molecule has 0 aliphatic heterocycles. The van der Waals surface area contributed by atoms with Gasteiger partial charge in [0, 0.05) is 12.8 Å². The maximum absolute atomic E-state index is 10.4. The van der Waals surface area contributed by atoms with Gasteiger partial charge in [0.15, 0.2) is 11.6 Å². The number of allylic oxidation sites excluding steroid dienone is 4. The van der Waals surface area contributed by atoms with Crippen molar-refractivity contribution in [2.45, 2.75) is 38.5 Å². The van der Waals surface area contributed by atoms with E-state index in [0.29, 0.717) is 0 Å². The molecule has 0 bridgehead atoms. The van der Waals surface area contributed by atoms with Gasteiger partial charge in [-0.3, -0.25) is 9.59 Å². The highest BCUT2D eigenvalue weighted by Gasteiger charge is 1.99. The maximum Gasteiger partial charge on any atom is 0.155 e. The molecule has 76 valence electrons. The van der Waals surface area contributed by atoms with E-state index in [-0.39, 0.29) is 11.6 Å². The van der Waals surface area contributed by atoms with E-state index >= 15 is 0 Å². The molecule has 2 nitrogen and oxygen atoms in total. The second-order valence-corrected chi connectivity index (χ2v) is 3.52. The van der Waals surface area contributed by atoms with Crippen molar-refractivity contribution in [2.75, 3.05) is 0 Å². The first-order valence-electron chi connectivity index (χ1n) is 5.18. The fraction of sp³-hybridized carbons (Fsp3) is 0.500. The van der Waals surface area contributed by atoms with Gasteiger partial charge >= 0.3 is 0 Å². The van der Waals surface area contributed by atoms with Crippen LogP contribution in [0.1, 0.15) is 38.5 Å². The minimum Gasteiger partial charge on any atom is -0.295 e. The van der Waals surface area contributed by atoms with E-state index in [1.54, 1.807) is 12.2 Å². The quantitative estimate of drug-likeness (QED) is 0.591. The van der Waals surface area contributed by atoms with Crippen molar-refractivity contribution in [1.29, 1.82) is 0 Å². The first-order valence-corrected chi connectivity index (χ1v) is 5.18. The molecule has 0 fully saturated rings. The molecule has 0 saturated heterocycles. The van der Waals surface area contributed by atoms with Gasteiger partial charge in [-0.2, -0.15) is 0 Å². The molecule has 0 radical (unpaired) electrons. The predicted molar refractivity (Wildman–Crippen MR) is 56.0 cm³/mol. The monoisotopic (exact) mass is 192 g/mol. The van der Waals surface area contributed by atoms with Crippen LogP contribution in [0.2, 0.25) is 0 Å². The SMILES string of the molecule is O=C1C=CCCC1.O=C1C=CCCC1. The third kappa shape index (κ3) is 4.75. The Morgan fingerprint density at radius 3 is 1.36 bits per heavy atom. The van der Waals surface area contributed by atoms with Crippen LogP contribution >= 0.6 is 0 Å². The van der Waals surface area contributed by atoms with Crippen LogP contribution in [0, 0.1) is 0 Å². The van der Waals surface area contributed by atoms with Crippen LogP contribution in [0.3, 0.4) is 0 Å². The normalized spacial score (nSPS) is 20.3. The fourth-order valence-corrected chi connectivity index (χ4v) is 1.38. The number of hydrogen-bond acceptors (Lipinski definition) is 2. The highest BCUT2D eigenvalue weighted by atomic mass is 16.1. The zero-order chi connectivity index (χ0) is 10.2. The summed E-state index contributed by atoms with van der Waals surface area (Å²) in [6.45, 7) is 0. The van der Waals surface area contributed by atoms with Gasteiger partial charge < -0.3 is 0 Å². The lowest BCUT2D eigenvalue weighted by Crippen LogP contribution is -1.95. The van der Waals surface area contributed by atoms with E-state index in [1.165, 1.54) is 0 Å². The molecule has 14 heavy (non-hydrogen) atoms.